The van der Waals surface area contributed by atoms with Crippen molar-refractivity contribution in [3.8, 4) is 22.5 Å². The predicted molar refractivity (Wildman–Crippen MR) is 140 cm³/mol. The maximum absolute atomic E-state index is 13.4. The molecule has 0 radical (unpaired) electrons. The van der Waals surface area contributed by atoms with E-state index in [1.54, 1.807) is 17.4 Å². The van der Waals surface area contributed by atoms with Crippen LogP contribution in [0.1, 0.15) is 22.5 Å². The number of fused-ring (bicyclic) bond motifs is 2. The van der Waals surface area contributed by atoms with E-state index in [1.807, 2.05) is 72.8 Å². The summed E-state index contributed by atoms with van der Waals surface area (Å²) in [5, 5.41) is 2.73. The van der Waals surface area contributed by atoms with Gasteiger partial charge in [0, 0.05) is 35.5 Å². The van der Waals surface area contributed by atoms with E-state index in [9.17, 15) is 4.79 Å². The third-order valence-corrected chi connectivity index (χ3v) is 6.25. The monoisotopic (exact) mass is 473 g/mol. The molecule has 1 aliphatic rings. The van der Waals surface area contributed by atoms with Crippen LogP contribution in [0.25, 0.3) is 33.4 Å². The number of anilines is 2. The van der Waals surface area contributed by atoms with Crippen LogP contribution >= 0.6 is 0 Å². The van der Waals surface area contributed by atoms with Gasteiger partial charge < -0.3 is 5.73 Å². The van der Waals surface area contributed by atoms with Gasteiger partial charge in [0.05, 0.1) is 16.9 Å². The molecule has 6 rings (SSSR count). The lowest BCUT2D eigenvalue weighted by Gasteiger charge is -2.29. The first kappa shape index (κ1) is 21.7. The summed E-state index contributed by atoms with van der Waals surface area (Å²) in [4.78, 5) is 31.7. The normalized spacial score (nSPS) is 12.8. The molecule has 2 aromatic carbocycles. The average Bonchev–Trinajstić information content (AvgIpc) is 2.93. The highest BCUT2D eigenvalue weighted by molar-refractivity contribution is 5.99. The van der Waals surface area contributed by atoms with Crippen LogP contribution in [0.3, 0.4) is 0 Å². The Morgan fingerprint density at radius 2 is 1.67 bits per heavy atom. The Balaban J connectivity index is 1.44. The van der Waals surface area contributed by atoms with Crippen molar-refractivity contribution in [2.24, 2.45) is 0 Å². The van der Waals surface area contributed by atoms with E-state index in [0.717, 1.165) is 46.3 Å². The minimum atomic E-state index is -0.429. The van der Waals surface area contributed by atoms with Gasteiger partial charge in [-0.2, -0.15) is 0 Å². The number of hydrazine groups is 1. The first-order chi connectivity index (χ1) is 17.7. The van der Waals surface area contributed by atoms with Crippen molar-refractivity contribution in [3.05, 3.63) is 96.4 Å². The third kappa shape index (κ3) is 3.98. The topological polar surface area (TPSA) is 110 Å². The van der Waals surface area contributed by atoms with E-state index in [1.165, 1.54) is 0 Å². The van der Waals surface area contributed by atoms with Gasteiger partial charge in [-0.15, -0.1) is 0 Å². The largest absolute Gasteiger partial charge is 0.382 e. The smallest absolute Gasteiger partial charge is 0.292 e. The second-order valence-electron chi connectivity index (χ2n) is 8.61. The number of carbonyl (C=O) groups is 1. The Morgan fingerprint density at radius 1 is 0.861 bits per heavy atom. The Bertz CT molecular complexity index is 1590. The zero-order valence-electron chi connectivity index (χ0n) is 19.4. The third-order valence-electron chi connectivity index (χ3n) is 6.25. The maximum Gasteiger partial charge on any atom is 0.292 e. The average molecular weight is 474 g/mol. The van der Waals surface area contributed by atoms with Gasteiger partial charge in [0.1, 0.15) is 5.82 Å². The summed E-state index contributed by atoms with van der Waals surface area (Å²) in [6.45, 7) is 0.649. The minimum absolute atomic E-state index is 0.0656. The van der Waals surface area contributed by atoms with Crippen LogP contribution in [0.15, 0.2) is 85.2 Å². The van der Waals surface area contributed by atoms with Crippen LogP contribution in [0.2, 0.25) is 0 Å². The molecule has 176 valence electrons. The van der Waals surface area contributed by atoms with E-state index in [-0.39, 0.29) is 11.5 Å². The number of nitrogens with zero attached hydrogens (tertiary/aromatic N) is 5. The van der Waals surface area contributed by atoms with Crippen molar-refractivity contribution in [2.45, 2.75) is 12.8 Å². The second-order valence-corrected chi connectivity index (χ2v) is 8.61. The van der Waals surface area contributed by atoms with Crippen LogP contribution in [0.5, 0.6) is 0 Å². The number of rotatable bonds is 4. The molecule has 3 N–H and O–H groups in total. The van der Waals surface area contributed by atoms with Gasteiger partial charge in [-0.1, -0.05) is 48.5 Å². The minimum Gasteiger partial charge on any atom is -0.382 e. The molecule has 0 saturated carbocycles. The zero-order chi connectivity index (χ0) is 24.5. The van der Waals surface area contributed by atoms with Crippen molar-refractivity contribution < 1.29 is 4.79 Å². The molecule has 0 aliphatic carbocycles. The first-order valence-electron chi connectivity index (χ1n) is 11.8. The first-order valence-corrected chi connectivity index (χ1v) is 11.8. The quantitative estimate of drug-likeness (QED) is 0.397. The van der Waals surface area contributed by atoms with Gasteiger partial charge in [0.25, 0.3) is 5.91 Å². The molecule has 8 heteroatoms. The van der Waals surface area contributed by atoms with Crippen molar-refractivity contribution >= 4 is 28.4 Å². The van der Waals surface area contributed by atoms with Gasteiger partial charge in [-0.05, 0) is 42.7 Å². The number of aromatic nitrogens is 4. The van der Waals surface area contributed by atoms with Gasteiger partial charge in [0.2, 0.25) is 0 Å². The fraction of sp³-hybridized carbons (Fsp3) is 0.107. The number of nitrogens with two attached hydrogens (primary N) is 1. The lowest BCUT2D eigenvalue weighted by Crippen LogP contribution is -2.46. The van der Waals surface area contributed by atoms with Crippen molar-refractivity contribution in [3.63, 3.8) is 0 Å². The second kappa shape index (κ2) is 9.07. The summed E-state index contributed by atoms with van der Waals surface area (Å²) < 4.78 is 0. The molecule has 36 heavy (non-hydrogen) atoms. The van der Waals surface area contributed by atoms with Crippen LogP contribution in [0.4, 0.5) is 11.6 Å². The molecular weight excluding hydrogens is 450 g/mol. The van der Waals surface area contributed by atoms with Crippen LogP contribution in [0, 0.1) is 0 Å². The number of nitrogens with one attached hydrogen (secondary N) is 1. The van der Waals surface area contributed by atoms with Gasteiger partial charge in [-0.3, -0.25) is 20.2 Å². The Kier molecular flexibility index (Phi) is 5.46. The summed E-state index contributed by atoms with van der Waals surface area (Å²) in [5.74, 6) is 0.379. The lowest BCUT2D eigenvalue weighted by atomic mass is 10.0. The number of hydrogen-bond acceptors (Lipinski definition) is 7. The van der Waals surface area contributed by atoms with E-state index in [4.69, 9.17) is 10.7 Å². The summed E-state index contributed by atoms with van der Waals surface area (Å²) in [6, 6.07) is 23.4. The molecule has 5 aromatic rings. The Labute approximate surface area is 207 Å². The lowest BCUT2D eigenvalue weighted by molar-refractivity contribution is 0.0943. The van der Waals surface area contributed by atoms with Gasteiger partial charge in [-0.25, -0.2) is 15.0 Å². The SMILES string of the molecule is Nc1nc(-c2ccccc2)c(-c2ccc3ncccc3c2)nc1C(=O)NN1CCCc2cccnc21. The maximum atomic E-state index is 13.4. The molecule has 3 aromatic heterocycles. The predicted octanol–water partition coefficient (Wildman–Crippen LogP) is 4.43. The number of pyridine rings is 2. The van der Waals surface area contributed by atoms with Gasteiger partial charge >= 0.3 is 0 Å². The Hall–Kier alpha value is -4.85. The Morgan fingerprint density at radius 3 is 2.56 bits per heavy atom. The molecule has 0 fully saturated rings. The van der Waals surface area contributed by atoms with Crippen molar-refractivity contribution in [1.82, 2.24) is 25.4 Å². The number of nitrogen functional groups attached to an aromatic ring is 1. The zero-order valence-corrected chi connectivity index (χ0v) is 19.4. The number of hydrogen-bond donors (Lipinski definition) is 2. The molecule has 0 saturated heterocycles. The van der Waals surface area contributed by atoms with Crippen LogP contribution in [-0.2, 0) is 6.42 Å². The van der Waals surface area contributed by atoms with Crippen LogP contribution < -0.4 is 16.2 Å². The molecule has 0 unspecified atom stereocenters. The molecule has 4 heterocycles. The van der Waals surface area contributed by atoms with E-state index >= 15 is 0 Å². The molecule has 1 amide bonds. The summed E-state index contributed by atoms with van der Waals surface area (Å²) in [6.07, 6.45) is 5.31. The van der Waals surface area contributed by atoms with Crippen LogP contribution in [-0.4, -0.2) is 32.4 Å². The molecule has 0 spiro atoms. The number of benzene rings is 2. The fourth-order valence-corrected chi connectivity index (χ4v) is 4.52. The number of aryl methyl sites for hydroxylation is 1. The van der Waals surface area contributed by atoms with E-state index < -0.39 is 5.91 Å². The molecule has 8 nitrogen and oxygen atoms in total. The summed E-state index contributed by atoms with van der Waals surface area (Å²) >= 11 is 0. The number of carbonyl (C=O) groups excluding carboxylic acids is 1. The molecular formula is C28H23N7O. The van der Waals surface area contributed by atoms with E-state index in [2.05, 4.69) is 20.4 Å². The van der Waals surface area contributed by atoms with Crippen molar-refractivity contribution in [2.75, 3.05) is 17.3 Å². The summed E-state index contributed by atoms with van der Waals surface area (Å²) in [7, 11) is 0. The fourth-order valence-electron chi connectivity index (χ4n) is 4.52. The molecule has 0 bridgehead atoms. The van der Waals surface area contributed by atoms with Gasteiger partial charge in [0.15, 0.2) is 11.5 Å². The number of amides is 1. The highest BCUT2D eigenvalue weighted by Crippen LogP contribution is 2.32. The van der Waals surface area contributed by atoms with Crippen molar-refractivity contribution in [1.29, 1.82) is 0 Å². The highest BCUT2D eigenvalue weighted by atomic mass is 16.2. The van der Waals surface area contributed by atoms with E-state index in [0.29, 0.717) is 17.9 Å². The molecule has 0 atom stereocenters. The molecule has 1 aliphatic heterocycles. The summed E-state index contributed by atoms with van der Waals surface area (Å²) in [5.41, 5.74) is 14.2. The highest BCUT2D eigenvalue weighted by Gasteiger charge is 2.24. The standard InChI is InChI=1S/C28H23N7O/c29-26-25(28(36)34-35-16-6-11-19-9-4-15-31-27(19)35)32-24(23(33-26)18-7-2-1-3-8-18)21-12-13-22-20(17-21)10-5-14-30-22/h1-5,7-10,12-15,17H,6,11,16H2,(H2,29,33)(H,34,36).